The van der Waals surface area contributed by atoms with Crippen molar-refractivity contribution in [3.05, 3.63) is 0 Å². The van der Waals surface area contributed by atoms with Crippen LogP contribution in [-0.2, 0) is 4.79 Å². The summed E-state index contributed by atoms with van der Waals surface area (Å²) in [5.74, 6) is 1.14. The van der Waals surface area contributed by atoms with Crippen molar-refractivity contribution in [1.29, 1.82) is 0 Å². The second-order valence-electron chi connectivity index (χ2n) is 6.71. The highest BCUT2D eigenvalue weighted by Gasteiger charge is 2.34. The van der Waals surface area contributed by atoms with Gasteiger partial charge in [-0.25, -0.2) is 0 Å². The predicted molar refractivity (Wildman–Crippen MR) is 77.0 cm³/mol. The summed E-state index contributed by atoms with van der Waals surface area (Å²) < 4.78 is 0. The number of likely N-dealkylation sites (tertiary alicyclic amines) is 1. The van der Waals surface area contributed by atoms with Crippen molar-refractivity contribution >= 4 is 5.91 Å². The zero-order valence-corrected chi connectivity index (χ0v) is 12.1. The first-order valence-corrected chi connectivity index (χ1v) is 8.37. The molecule has 108 valence electrons. The Morgan fingerprint density at radius 1 is 1.00 bits per heavy atom. The zero-order valence-electron chi connectivity index (χ0n) is 12.1. The number of hydrogen-bond donors (Lipinski definition) is 1. The van der Waals surface area contributed by atoms with Crippen LogP contribution < -0.4 is 5.32 Å². The van der Waals surface area contributed by atoms with E-state index in [9.17, 15) is 4.79 Å². The number of piperidine rings is 1. The first-order valence-electron chi connectivity index (χ1n) is 8.37. The molecule has 19 heavy (non-hydrogen) atoms. The molecule has 0 bridgehead atoms. The van der Waals surface area contributed by atoms with Crippen LogP contribution in [-0.4, -0.2) is 36.0 Å². The number of amides is 1. The topological polar surface area (TPSA) is 32.3 Å². The second-order valence-corrected chi connectivity index (χ2v) is 6.71. The molecule has 0 radical (unpaired) electrons. The molecule has 3 fully saturated rings. The molecule has 3 heteroatoms. The quantitative estimate of drug-likeness (QED) is 0.850. The van der Waals surface area contributed by atoms with Crippen LogP contribution in [0.2, 0.25) is 0 Å². The summed E-state index contributed by atoms with van der Waals surface area (Å²) in [4.78, 5) is 14.9. The average Bonchev–Trinajstić information content (AvgIpc) is 3.11. The molecule has 0 aromatic rings. The summed E-state index contributed by atoms with van der Waals surface area (Å²) in [6.07, 6.45) is 12.3. The van der Waals surface area contributed by atoms with Crippen LogP contribution in [0.15, 0.2) is 0 Å². The van der Waals surface area contributed by atoms with Gasteiger partial charge in [-0.05, 0) is 57.4 Å². The fraction of sp³-hybridized carbons (Fsp3) is 0.938. The van der Waals surface area contributed by atoms with Crippen molar-refractivity contribution in [1.82, 2.24) is 10.2 Å². The molecular weight excluding hydrogens is 236 g/mol. The molecule has 1 aliphatic carbocycles. The fourth-order valence-corrected chi connectivity index (χ4v) is 4.30. The molecule has 2 heterocycles. The van der Waals surface area contributed by atoms with Gasteiger partial charge in [0.25, 0.3) is 0 Å². The van der Waals surface area contributed by atoms with Crippen LogP contribution in [0.5, 0.6) is 0 Å². The minimum Gasteiger partial charge on any atom is -0.338 e. The molecule has 1 amide bonds. The van der Waals surface area contributed by atoms with Crippen molar-refractivity contribution in [2.45, 2.75) is 76.3 Å². The van der Waals surface area contributed by atoms with E-state index in [0.717, 1.165) is 19.5 Å². The van der Waals surface area contributed by atoms with Crippen LogP contribution in [0.4, 0.5) is 0 Å². The minimum atomic E-state index is 0.449. The van der Waals surface area contributed by atoms with E-state index in [4.69, 9.17) is 0 Å². The molecular formula is C16H28N2O. The maximum Gasteiger partial charge on any atom is 0.223 e. The Morgan fingerprint density at radius 3 is 2.53 bits per heavy atom. The summed E-state index contributed by atoms with van der Waals surface area (Å²) in [5.41, 5.74) is 0. The van der Waals surface area contributed by atoms with E-state index in [1.807, 2.05) is 0 Å². The Kier molecular flexibility index (Phi) is 4.42. The third-order valence-electron chi connectivity index (χ3n) is 5.37. The highest BCUT2D eigenvalue weighted by atomic mass is 16.2. The zero-order chi connectivity index (χ0) is 13.1. The molecule has 3 nitrogen and oxygen atoms in total. The first-order chi connectivity index (χ1) is 9.34. The number of carbonyl (C=O) groups excluding carboxylic acids is 1. The lowest BCUT2D eigenvalue weighted by molar-refractivity contribution is -0.136. The molecule has 1 saturated carbocycles. The Hall–Kier alpha value is -0.570. The van der Waals surface area contributed by atoms with Gasteiger partial charge in [0.15, 0.2) is 0 Å². The Labute approximate surface area is 117 Å². The van der Waals surface area contributed by atoms with Gasteiger partial charge in [0.05, 0.1) is 0 Å². The second kappa shape index (κ2) is 6.25. The van der Waals surface area contributed by atoms with Crippen LogP contribution in [0.1, 0.15) is 64.2 Å². The van der Waals surface area contributed by atoms with Crippen LogP contribution >= 0.6 is 0 Å². The molecule has 0 aromatic carbocycles. The summed E-state index contributed by atoms with van der Waals surface area (Å²) >= 11 is 0. The SMILES string of the molecule is O=C(CC1CCCC1)N1CCCCC1C1CCCN1. The van der Waals surface area contributed by atoms with E-state index in [0.29, 0.717) is 23.9 Å². The monoisotopic (exact) mass is 264 g/mol. The van der Waals surface area contributed by atoms with Gasteiger partial charge in [0.2, 0.25) is 5.91 Å². The molecule has 2 aliphatic heterocycles. The van der Waals surface area contributed by atoms with E-state index >= 15 is 0 Å². The number of hydrogen-bond acceptors (Lipinski definition) is 2. The summed E-state index contributed by atoms with van der Waals surface area (Å²) in [6, 6.07) is 1.07. The molecule has 2 atom stereocenters. The molecule has 3 rings (SSSR count). The maximum absolute atomic E-state index is 12.6. The van der Waals surface area contributed by atoms with E-state index in [1.54, 1.807) is 0 Å². The number of carbonyl (C=O) groups is 1. The highest BCUT2D eigenvalue weighted by Crippen LogP contribution is 2.30. The Balaban J connectivity index is 1.60. The van der Waals surface area contributed by atoms with Crippen LogP contribution in [0.25, 0.3) is 0 Å². The van der Waals surface area contributed by atoms with Crippen molar-refractivity contribution < 1.29 is 4.79 Å². The standard InChI is InChI=1S/C16H28N2O/c19-16(12-13-6-1-2-7-13)18-11-4-3-9-15(18)14-8-5-10-17-14/h13-15,17H,1-12H2. The Morgan fingerprint density at radius 2 is 1.79 bits per heavy atom. The van der Waals surface area contributed by atoms with Crippen LogP contribution in [0.3, 0.4) is 0 Å². The van der Waals surface area contributed by atoms with Crippen molar-refractivity contribution in [3.63, 3.8) is 0 Å². The third kappa shape index (κ3) is 3.13. The van der Waals surface area contributed by atoms with Gasteiger partial charge in [0, 0.05) is 25.0 Å². The average molecular weight is 264 g/mol. The normalized spacial score (nSPS) is 32.9. The molecule has 1 N–H and O–H groups in total. The van der Waals surface area contributed by atoms with E-state index in [1.165, 1.54) is 57.8 Å². The lowest BCUT2D eigenvalue weighted by Crippen LogP contribution is -2.52. The van der Waals surface area contributed by atoms with Crippen molar-refractivity contribution in [2.75, 3.05) is 13.1 Å². The van der Waals surface area contributed by atoms with Gasteiger partial charge in [-0.15, -0.1) is 0 Å². The highest BCUT2D eigenvalue weighted by molar-refractivity contribution is 5.77. The lowest BCUT2D eigenvalue weighted by atomic mass is 9.93. The van der Waals surface area contributed by atoms with Gasteiger partial charge in [-0.2, -0.15) is 0 Å². The third-order valence-corrected chi connectivity index (χ3v) is 5.37. The summed E-state index contributed by atoms with van der Waals surface area (Å²) in [5, 5.41) is 3.61. The first kappa shape index (κ1) is 13.4. The predicted octanol–water partition coefficient (Wildman–Crippen LogP) is 2.70. The van der Waals surface area contributed by atoms with Gasteiger partial charge in [-0.1, -0.05) is 12.8 Å². The van der Waals surface area contributed by atoms with Gasteiger partial charge in [-0.3, -0.25) is 4.79 Å². The molecule has 2 saturated heterocycles. The van der Waals surface area contributed by atoms with Crippen molar-refractivity contribution in [3.8, 4) is 0 Å². The molecule has 0 aromatic heterocycles. The van der Waals surface area contributed by atoms with Gasteiger partial charge in [0.1, 0.15) is 0 Å². The molecule has 2 unspecified atom stereocenters. The van der Waals surface area contributed by atoms with E-state index in [-0.39, 0.29) is 0 Å². The van der Waals surface area contributed by atoms with Gasteiger partial charge >= 0.3 is 0 Å². The summed E-state index contributed by atoms with van der Waals surface area (Å²) in [7, 11) is 0. The maximum atomic E-state index is 12.6. The lowest BCUT2D eigenvalue weighted by Gasteiger charge is -2.40. The van der Waals surface area contributed by atoms with Crippen molar-refractivity contribution in [2.24, 2.45) is 5.92 Å². The fourth-order valence-electron chi connectivity index (χ4n) is 4.30. The number of nitrogens with zero attached hydrogens (tertiary/aromatic N) is 1. The molecule has 3 aliphatic rings. The van der Waals surface area contributed by atoms with Crippen LogP contribution in [0, 0.1) is 5.92 Å². The summed E-state index contributed by atoms with van der Waals surface area (Å²) in [6.45, 7) is 2.15. The molecule has 0 spiro atoms. The van der Waals surface area contributed by atoms with E-state index in [2.05, 4.69) is 10.2 Å². The largest absolute Gasteiger partial charge is 0.338 e. The van der Waals surface area contributed by atoms with Gasteiger partial charge < -0.3 is 10.2 Å². The number of nitrogens with one attached hydrogen (secondary N) is 1. The Bertz CT molecular complexity index is 306. The van der Waals surface area contributed by atoms with E-state index < -0.39 is 0 Å². The number of rotatable bonds is 3. The minimum absolute atomic E-state index is 0.449. The smallest absolute Gasteiger partial charge is 0.223 e.